The van der Waals surface area contributed by atoms with E-state index in [1.165, 1.54) is 19.4 Å². The zero-order valence-electron chi connectivity index (χ0n) is 12.2. The molecule has 118 valence electrons. The Bertz CT molecular complexity index is 648. The Labute approximate surface area is 126 Å². The fourth-order valence-electron chi connectivity index (χ4n) is 2.04. The lowest BCUT2D eigenvalue weighted by atomic mass is 9.98. The second kappa shape index (κ2) is 6.44. The van der Waals surface area contributed by atoms with Crippen LogP contribution in [0, 0.1) is 0 Å². The third-order valence-corrected chi connectivity index (χ3v) is 2.93. The summed E-state index contributed by atoms with van der Waals surface area (Å²) >= 11 is 0. The molecular formula is C14H16N2O6. The first-order valence-corrected chi connectivity index (χ1v) is 6.47. The summed E-state index contributed by atoms with van der Waals surface area (Å²) in [6.45, 7) is 1.63. The Hall–Kier alpha value is -2.61. The fraction of sp³-hybridized carbons (Fsp3) is 0.357. The van der Waals surface area contributed by atoms with E-state index in [0.717, 1.165) is 0 Å². The molecule has 2 aromatic heterocycles. The van der Waals surface area contributed by atoms with Gasteiger partial charge in [-0.1, -0.05) is 5.16 Å². The molecule has 0 spiro atoms. The lowest BCUT2D eigenvalue weighted by Gasteiger charge is -2.27. The number of aliphatic carboxylic acids is 1. The van der Waals surface area contributed by atoms with Crippen LogP contribution in [-0.2, 0) is 9.53 Å². The van der Waals surface area contributed by atoms with Crippen LogP contribution in [0.15, 0.2) is 33.4 Å². The van der Waals surface area contributed by atoms with Gasteiger partial charge in [0.25, 0.3) is 5.91 Å². The maximum atomic E-state index is 12.2. The van der Waals surface area contributed by atoms with Gasteiger partial charge in [0.1, 0.15) is 0 Å². The standard InChI is InChI=1S/C14H16N2O6/c1-14(8-20-2,7-12(17)18)15-13(19)9-6-11(22-16-9)10-4-3-5-21-10/h3-6H,7-8H2,1-2H3,(H,15,19)(H,17,18). The first-order valence-electron chi connectivity index (χ1n) is 6.47. The molecule has 0 aliphatic rings. The number of ether oxygens (including phenoxy) is 1. The van der Waals surface area contributed by atoms with Crippen LogP contribution in [0.4, 0.5) is 0 Å². The highest BCUT2D eigenvalue weighted by Crippen LogP contribution is 2.21. The van der Waals surface area contributed by atoms with E-state index in [-0.39, 0.29) is 18.7 Å². The van der Waals surface area contributed by atoms with Crippen molar-refractivity contribution < 1.29 is 28.4 Å². The minimum absolute atomic E-state index is 0.0270. The molecule has 0 bridgehead atoms. The summed E-state index contributed by atoms with van der Waals surface area (Å²) in [6, 6.07) is 4.77. The average Bonchev–Trinajstić information content (AvgIpc) is 3.09. The van der Waals surface area contributed by atoms with E-state index in [9.17, 15) is 9.59 Å². The zero-order chi connectivity index (χ0) is 16.2. The molecule has 2 rings (SSSR count). The number of furan rings is 1. The summed E-state index contributed by atoms with van der Waals surface area (Å²) in [5, 5.41) is 15.2. The van der Waals surface area contributed by atoms with Crippen molar-refractivity contribution in [2.45, 2.75) is 18.9 Å². The summed E-state index contributed by atoms with van der Waals surface area (Å²) in [4.78, 5) is 23.1. The van der Waals surface area contributed by atoms with Crippen molar-refractivity contribution in [2.24, 2.45) is 0 Å². The number of aromatic nitrogens is 1. The number of carbonyl (C=O) groups excluding carboxylic acids is 1. The molecule has 0 fully saturated rings. The number of carbonyl (C=O) groups is 2. The maximum Gasteiger partial charge on any atom is 0.305 e. The second-order valence-electron chi connectivity index (χ2n) is 5.07. The van der Waals surface area contributed by atoms with E-state index in [0.29, 0.717) is 11.5 Å². The topological polar surface area (TPSA) is 115 Å². The number of methoxy groups -OCH3 is 1. The Morgan fingerprint density at radius 2 is 2.23 bits per heavy atom. The van der Waals surface area contributed by atoms with Crippen LogP contribution in [-0.4, -0.2) is 41.4 Å². The Kier molecular flexibility index (Phi) is 4.62. The molecule has 1 atom stereocenters. The van der Waals surface area contributed by atoms with Gasteiger partial charge in [0, 0.05) is 13.2 Å². The molecule has 22 heavy (non-hydrogen) atoms. The molecule has 1 amide bonds. The van der Waals surface area contributed by atoms with Gasteiger partial charge in [0.2, 0.25) is 5.76 Å². The molecule has 0 saturated heterocycles. The minimum atomic E-state index is -1.05. The number of nitrogens with one attached hydrogen (secondary N) is 1. The monoisotopic (exact) mass is 308 g/mol. The zero-order valence-corrected chi connectivity index (χ0v) is 12.2. The molecule has 8 heteroatoms. The van der Waals surface area contributed by atoms with Crippen LogP contribution in [0.3, 0.4) is 0 Å². The highest BCUT2D eigenvalue weighted by molar-refractivity contribution is 5.93. The van der Waals surface area contributed by atoms with E-state index < -0.39 is 17.4 Å². The summed E-state index contributed by atoms with van der Waals surface area (Å²) in [5.41, 5.74) is -1.03. The van der Waals surface area contributed by atoms with E-state index in [2.05, 4.69) is 10.5 Å². The summed E-state index contributed by atoms with van der Waals surface area (Å²) in [7, 11) is 1.43. The number of carboxylic acids is 1. The predicted molar refractivity (Wildman–Crippen MR) is 74.2 cm³/mol. The summed E-state index contributed by atoms with van der Waals surface area (Å²) < 4.78 is 15.1. The molecule has 0 aliphatic heterocycles. The fourth-order valence-corrected chi connectivity index (χ4v) is 2.04. The van der Waals surface area contributed by atoms with Crippen molar-refractivity contribution in [3.8, 4) is 11.5 Å². The number of hydrogen-bond donors (Lipinski definition) is 2. The molecule has 0 aliphatic carbocycles. The molecule has 0 radical (unpaired) electrons. The van der Waals surface area contributed by atoms with Crippen LogP contribution in [0.1, 0.15) is 23.8 Å². The number of hydrogen-bond acceptors (Lipinski definition) is 6. The normalized spacial score (nSPS) is 13.5. The van der Waals surface area contributed by atoms with E-state index in [1.807, 2.05) is 0 Å². The lowest BCUT2D eigenvalue weighted by Crippen LogP contribution is -2.50. The first kappa shape index (κ1) is 15.8. The quantitative estimate of drug-likeness (QED) is 0.797. The first-order chi connectivity index (χ1) is 10.4. The van der Waals surface area contributed by atoms with Crippen molar-refractivity contribution in [1.82, 2.24) is 10.5 Å². The van der Waals surface area contributed by atoms with Crippen molar-refractivity contribution >= 4 is 11.9 Å². The Morgan fingerprint density at radius 1 is 1.45 bits per heavy atom. The van der Waals surface area contributed by atoms with Crippen LogP contribution in [0.2, 0.25) is 0 Å². The van der Waals surface area contributed by atoms with Gasteiger partial charge in [-0.15, -0.1) is 0 Å². The second-order valence-corrected chi connectivity index (χ2v) is 5.07. The highest BCUT2D eigenvalue weighted by Gasteiger charge is 2.31. The lowest BCUT2D eigenvalue weighted by molar-refractivity contribution is -0.139. The van der Waals surface area contributed by atoms with E-state index in [4.69, 9.17) is 18.8 Å². The van der Waals surface area contributed by atoms with Crippen molar-refractivity contribution in [1.29, 1.82) is 0 Å². The van der Waals surface area contributed by atoms with Crippen molar-refractivity contribution in [3.05, 3.63) is 30.2 Å². The van der Waals surface area contributed by atoms with E-state index >= 15 is 0 Å². The van der Waals surface area contributed by atoms with Crippen LogP contribution < -0.4 is 5.32 Å². The van der Waals surface area contributed by atoms with Gasteiger partial charge in [-0.3, -0.25) is 9.59 Å². The van der Waals surface area contributed by atoms with Gasteiger partial charge in [-0.05, 0) is 19.1 Å². The van der Waals surface area contributed by atoms with Gasteiger partial charge in [-0.2, -0.15) is 0 Å². The van der Waals surface area contributed by atoms with Crippen LogP contribution >= 0.6 is 0 Å². The SMILES string of the molecule is COCC(C)(CC(=O)O)NC(=O)c1cc(-c2ccco2)on1. The molecular weight excluding hydrogens is 292 g/mol. The van der Waals surface area contributed by atoms with Gasteiger partial charge in [0.15, 0.2) is 11.5 Å². The molecule has 2 heterocycles. The van der Waals surface area contributed by atoms with Gasteiger partial charge in [-0.25, -0.2) is 0 Å². The molecule has 8 nitrogen and oxygen atoms in total. The number of carboxylic acid groups (broad SMARTS) is 1. The molecule has 1 unspecified atom stereocenters. The van der Waals surface area contributed by atoms with Gasteiger partial charge in [0.05, 0.1) is 24.8 Å². The van der Waals surface area contributed by atoms with Gasteiger partial charge >= 0.3 is 5.97 Å². The minimum Gasteiger partial charge on any atom is -0.481 e. The van der Waals surface area contributed by atoms with E-state index in [1.54, 1.807) is 19.1 Å². The molecule has 2 N–H and O–H groups in total. The largest absolute Gasteiger partial charge is 0.481 e. The average molecular weight is 308 g/mol. The predicted octanol–water partition coefficient (Wildman–Crippen LogP) is 1.54. The number of nitrogens with zero attached hydrogens (tertiary/aromatic N) is 1. The van der Waals surface area contributed by atoms with Crippen molar-refractivity contribution in [3.63, 3.8) is 0 Å². The number of rotatable bonds is 7. The molecule has 0 aromatic carbocycles. The maximum absolute atomic E-state index is 12.2. The third-order valence-electron chi connectivity index (χ3n) is 2.93. The van der Waals surface area contributed by atoms with Crippen LogP contribution in [0.5, 0.6) is 0 Å². The van der Waals surface area contributed by atoms with Crippen LogP contribution in [0.25, 0.3) is 11.5 Å². The van der Waals surface area contributed by atoms with Crippen molar-refractivity contribution in [2.75, 3.05) is 13.7 Å². The Morgan fingerprint density at radius 3 is 2.82 bits per heavy atom. The summed E-state index contributed by atoms with van der Waals surface area (Å²) in [5.74, 6) is -0.850. The van der Waals surface area contributed by atoms with Gasteiger partial charge < -0.3 is 24.1 Å². The third kappa shape index (κ3) is 3.73. The summed E-state index contributed by atoms with van der Waals surface area (Å²) in [6.07, 6.45) is 1.19. The molecule has 2 aromatic rings. The highest BCUT2D eigenvalue weighted by atomic mass is 16.5. The molecule has 0 saturated carbocycles. The smallest absolute Gasteiger partial charge is 0.305 e. The Balaban J connectivity index is 2.12. The number of amides is 1.